The number of carbonyl (C=O) groups is 1. The number of anilines is 1. The van der Waals surface area contributed by atoms with Crippen LogP contribution in [0.2, 0.25) is 5.02 Å². The molecule has 0 unspecified atom stereocenters. The Bertz CT molecular complexity index is 1200. The summed E-state index contributed by atoms with van der Waals surface area (Å²) in [5.41, 5.74) is 5.20. The highest BCUT2D eigenvalue weighted by molar-refractivity contribution is 7.92. The number of aromatic nitrogens is 1. The number of hydrogen-bond acceptors (Lipinski definition) is 5. The van der Waals surface area contributed by atoms with E-state index in [1.807, 2.05) is 19.9 Å². The predicted octanol–water partition coefficient (Wildman–Crippen LogP) is 3.70. The van der Waals surface area contributed by atoms with Gasteiger partial charge in [0.25, 0.3) is 15.9 Å². The summed E-state index contributed by atoms with van der Waals surface area (Å²) < 4.78 is 27.7. The van der Waals surface area contributed by atoms with Crippen molar-refractivity contribution in [2.45, 2.75) is 18.7 Å². The summed E-state index contributed by atoms with van der Waals surface area (Å²) in [6.07, 6.45) is 2.98. The number of hydrogen-bond donors (Lipinski definition) is 1. The third-order valence-corrected chi connectivity index (χ3v) is 6.58. The first-order chi connectivity index (χ1) is 14.8. The van der Waals surface area contributed by atoms with Gasteiger partial charge in [0.15, 0.2) is 0 Å². The summed E-state index contributed by atoms with van der Waals surface area (Å²) in [5, 5.41) is 4.28. The Morgan fingerprint density at radius 1 is 1.10 bits per heavy atom. The monoisotopic (exact) mass is 456 g/mol. The number of nitrogens with one attached hydrogen (secondary N) is 1. The van der Waals surface area contributed by atoms with Gasteiger partial charge >= 0.3 is 0 Å². The van der Waals surface area contributed by atoms with Crippen molar-refractivity contribution in [1.29, 1.82) is 0 Å². The average molecular weight is 457 g/mol. The van der Waals surface area contributed by atoms with Crippen LogP contribution in [0.3, 0.4) is 0 Å². The molecule has 0 aliphatic carbocycles. The standard InChI is InChI=1S/C22H21ClN4O3S/c1-16-6-9-20(13-17(16)2)27(31(29,30)21-10-7-18(23)8-11-21)15-22(28)26-25-14-19-5-3-4-12-24-19/h3-14H,15H2,1-2H3,(H,26,28)/b25-14-. The fourth-order valence-corrected chi connectivity index (χ4v) is 4.26. The van der Waals surface area contributed by atoms with E-state index in [1.165, 1.54) is 30.5 Å². The zero-order valence-corrected chi connectivity index (χ0v) is 18.6. The van der Waals surface area contributed by atoms with Crippen molar-refractivity contribution in [3.05, 3.63) is 88.7 Å². The Balaban J connectivity index is 1.88. The molecular formula is C22H21ClN4O3S. The number of pyridine rings is 1. The number of carbonyl (C=O) groups excluding carboxylic acids is 1. The molecule has 0 fully saturated rings. The van der Waals surface area contributed by atoms with Crippen LogP contribution in [0.4, 0.5) is 5.69 Å². The van der Waals surface area contributed by atoms with Gasteiger partial charge in [-0.05, 0) is 73.5 Å². The maximum Gasteiger partial charge on any atom is 0.264 e. The average Bonchev–Trinajstić information content (AvgIpc) is 2.75. The van der Waals surface area contributed by atoms with E-state index in [0.717, 1.165) is 15.4 Å². The van der Waals surface area contributed by atoms with Gasteiger partial charge in [0.2, 0.25) is 0 Å². The van der Waals surface area contributed by atoms with Gasteiger partial charge in [-0.2, -0.15) is 5.10 Å². The van der Waals surface area contributed by atoms with Crippen molar-refractivity contribution < 1.29 is 13.2 Å². The lowest BCUT2D eigenvalue weighted by Gasteiger charge is -2.24. The van der Waals surface area contributed by atoms with E-state index in [2.05, 4.69) is 15.5 Å². The van der Waals surface area contributed by atoms with E-state index < -0.39 is 22.5 Å². The largest absolute Gasteiger partial charge is 0.271 e. The Morgan fingerprint density at radius 2 is 1.84 bits per heavy atom. The lowest BCUT2D eigenvalue weighted by atomic mass is 10.1. The van der Waals surface area contributed by atoms with Crippen molar-refractivity contribution in [3.63, 3.8) is 0 Å². The zero-order valence-electron chi connectivity index (χ0n) is 17.0. The predicted molar refractivity (Wildman–Crippen MR) is 122 cm³/mol. The first kappa shape index (κ1) is 22.5. The minimum atomic E-state index is -4.02. The third-order valence-electron chi connectivity index (χ3n) is 4.54. The van der Waals surface area contributed by atoms with E-state index in [-0.39, 0.29) is 4.90 Å². The molecule has 2 aromatic carbocycles. The number of sulfonamides is 1. The molecule has 9 heteroatoms. The third kappa shape index (κ3) is 5.68. The van der Waals surface area contributed by atoms with Gasteiger partial charge in [-0.3, -0.25) is 14.1 Å². The molecule has 1 heterocycles. The van der Waals surface area contributed by atoms with Crippen LogP contribution in [0.1, 0.15) is 16.8 Å². The smallest absolute Gasteiger partial charge is 0.264 e. The second-order valence-corrected chi connectivity index (χ2v) is 9.08. The maximum absolute atomic E-state index is 13.3. The molecule has 0 radical (unpaired) electrons. The summed E-state index contributed by atoms with van der Waals surface area (Å²) in [6.45, 7) is 3.35. The molecule has 160 valence electrons. The number of hydrazone groups is 1. The second-order valence-electron chi connectivity index (χ2n) is 6.78. The molecule has 0 bridgehead atoms. The maximum atomic E-state index is 13.3. The summed E-state index contributed by atoms with van der Waals surface area (Å²) in [7, 11) is -4.02. The first-order valence-corrected chi connectivity index (χ1v) is 11.2. The number of amides is 1. The number of halogens is 1. The van der Waals surface area contributed by atoms with Gasteiger partial charge in [-0.15, -0.1) is 0 Å². The number of aryl methyl sites for hydroxylation is 2. The lowest BCUT2D eigenvalue weighted by Crippen LogP contribution is -2.39. The van der Waals surface area contributed by atoms with Gasteiger partial charge in [-0.25, -0.2) is 13.8 Å². The van der Waals surface area contributed by atoms with Crippen LogP contribution in [0.5, 0.6) is 0 Å². The van der Waals surface area contributed by atoms with E-state index >= 15 is 0 Å². The van der Waals surface area contributed by atoms with E-state index in [4.69, 9.17) is 11.6 Å². The molecule has 7 nitrogen and oxygen atoms in total. The van der Waals surface area contributed by atoms with Crippen LogP contribution in [-0.2, 0) is 14.8 Å². The quantitative estimate of drug-likeness (QED) is 0.433. The number of rotatable bonds is 7. The summed E-state index contributed by atoms with van der Waals surface area (Å²) in [4.78, 5) is 16.6. The van der Waals surface area contributed by atoms with Crippen molar-refractivity contribution in [1.82, 2.24) is 10.4 Å². The fraction of sp³-hybridized carbons (Fsp3) is 0.136. The molecule has 0 atom stereocenters. The van der Waals surface area contributed by atoms with Crippen molar-refractivity contribution in [2.75, 3.05) is 10.8 Å². The van der Waals surface area contributed by atoms with E-state index in [0.29, 0.717) is 16.4 Å². The minimum Gasteiger partial charge on any atom is -0.271 e. The molecule has 3 rings (SSSR count). The minimum absolute atomic E-state index is 0.0277. The Labute approximate surface area is 186 Å². The SMILES string of the molecule is Cc1ccc(N(CC(=O)N/N=C\c2ccccn2)S(=O)(=O)c2ccc(Cl)cc2)cc1C. The Kier molecular flexibility index (Phi) is 7.04. The van der Waals surface area contributed by atoms with Gasteiger partial charge in [0.1, 0.15) is 6.54 Å². The molecule has 1 aromatic heterocycles. The van der Waals surface area contributed by atoms with Crippen molar-refractivity contribution in [2.24, 2.45) is 5.10 Å². The molecule has 1 amide bonds. The highest BCUT2D eigenvalue weighted by Gasteiger charge is 2.27. The Hall–Kier alpha value is -3.23. The molecule has 0 saturated carbocycles. The van der Waals surface area contributed by atoms with Crippen LogP contribution >= 0.6 is 11.6 Å². The molecule has 31 heavy (non-hydrogen) atoms. The molecule has 0 aliphatic heterocycles. The summed E-state index contributed by atoms with van der Waals surface area (Å²) >= 11 is 5.90. The zero-order chi connectivity index (χ0) is 22.4. The number of benzene rings is 2. The van der Waals surface area contributed by atoms with Crippen LogP contribution in [0.15, 0.2) is 76.9 Å². The van der Waals surface area contributed by atoms with Crippen molar-refractivity contribution in [3.8, 4) is 0 Å². The lowest BCUT2D eigenvalue weighted by molar-refractivity contribution is -0.119. The van der Waals surface area contributed by atoms with Crippen LogP contribution in [-0.4, -0.2) is 32.1 Å². The first-order valence-electron chi connectivity index (χ1n) is 9.36. The second kappa shape index (κ2) is 9.72. The summed E-state index contributed by atoms with van der Waals surface area (Å²) in [6, 6.07) is 16.3. The van der Waals surface area contributed by atoms with Crippen LogP contribution in [0, 0.1) is 13.8 Å². The molecule has 0 spiro atoms. The fourth-order valence-electron chi connectivity index (χ4n) is 2.72. The van der Waals surface area contributed by atoms with Gasteiger partial charge in [-0.1, -0.05) is 23.7 Å². The molecule has 0 aliphatic rings. The summed E-state index contributed by atoms with van der Waals surface area (Å²) in [5.74, 6) is -0.594. The number of nitrogens with zero attached hydrogens (tertiary/aromatic N) is 3. The van der Waals surface area contributed by atoms with Crippen molar-refractivity contribution >= 4 is 39.4 Å². The van der Waals surface area contributed by atoms with Gasteiger partial charge in [0, 0.05) is 11.2 Å². The van der Waals surface area contributed by atoms with Gasteiger partial charge < -0.3 is 0 Å². The molecule has 1 N–H and O–H groups in total. The highest BCUT2D eigenvalue weighted by atomic mass is 35.5. The topological polar surface area (TPSA) is 91.7 Å². The molecule has 0 saturated heterocycles. The van der Waals surface area contributed by atoms with Crippen LogP contribution < -0.4 is 9.73 Å². The van der Waals surface area contributed by atoms with Gasteiger partial charge in [0.05, 0.1) is 22.5 Å². The highest BCUT2D eigenvalue weighted by Crippen LogP contribution is 2.26. The molecular weight excluding hydrogens is 436 g/mol. The molecule has 3 aromatic rings. The Morgan fingerprint density at radius 3 is 2.48 bits per heavy atom. The van der Waals surface area contributed by atoms with E-state index in [9.17, 15) is 13.2 Å². The normalized spacial score (nSPS) is 11.5. The van der Waals surface area contributed by atoms with E-state index in [1.54, 1.807) is 36.5 Å². The van der Waals surface area contributed by atoms with Crippen LogP contribution in [0.25, 0.3) is 0 Å².